The molecular weight excluding hydrogens is 388 g/mol. The smallest absolute Gasteiger partial charge is 0.238 e. The summed E-state index contributed by atoms with van der Waals surface area (Å²) in [5.41, 5.74) is 1.81. The van der Waals surface area contributed by atoms with E-state index in [1.165, 1.54) is 4.70 Å². The molecule has 8 heteroatoms. The van der Waals surface area contributed by atoms with E-state index in [0.717, 1.165) is 48.9 Å². The van der Waals surface area contributed by atoms with E-state index in [-0.39, 0.29) is 12.7 Å². The predicted molar refractivity (Wildman–Crippen MR) is 113 cm³/mol. The van der Waals surface area contributed by atoms with Crippen LogP contribution in [0.1, 0.15) is 5.01 Å². The summed E-state index contributed by atoms with van der Waals surface area (Å²) in [7, 11) is 0. The molecule has 3 aromatic rings. The summed E-state index contributed by atoms with van der Waals surface area (Å²) in [6.45, 7) is 5.12. The second kappa shape index (κ2) is 7.98. The van der Waals surface area contributed by atoms with Crippen molar-refractivity contribution in [2.75, 3.05) is 44.8 Å². The van der Waals surface area contributed by atoms with Gasteiger partial charge in [0.05, 0.1) is 23.3 Å². The molecule has 3 heterocycles. The first kappa shape index (κ1) is 18.4. The van der Waals surface area contributed by atoms with E-state index >= 15 is 0 Å². The molecule has 0 radical (unpaired) electrons. The van der Waals surface area contributed by atoms with Gasteiger partial charge in [0.2, 0.25) is 12.7 Å². The number of para-hydroxylation sites is 1. The Kier molecular flexibility index (Phi) is 5.05. The van der Waals surface area contributed by atoms with Crippen molar-refractivity contribution >= 4 is 33.1 Å². The van der Waals surface area contributed by atoms with Gasteiger partial charge in [0, 0.05) is 37.9 Å². The molecule has 0 saturated carbocycles. The SMILES string of the molecule is O=C(CN1CCN(Cc2nc3ccccc3s2)CC1)Nc1ccc2c(c1)OCO2. The van der Waals surface area contributed by atoms with Gasteiger partial charge in [0.25, 0.3) is 0 Å². The topological polar surface area (TPSA) is 66.9 Å². The molecule has 2 aromatic carbocycles. The van der Waals surface area contributed by atoms with Crippen LogP contribution in [-0.4, -0.2) is 60.2 Å². The molecule has 0 aliphatic carbocycles. The lowest BCUT2D eigenvalue weighted by molar-refractivity contribution is -0.117. The molecule has 0 atom stereocenters. The third-order valence-corrected chi connectivity index (χ3v) is 6.21. The van der Waals surface area contributed by atoms with Crippen LogP contribution in [0, 0.1) is 0 Å². The number of benzene rings is 2. The van der Waals surface area contributed by atoms with Crippen LogP contribution in [0.25, 0.3) is 10.2 Å². The van der Waals surface area contributed by atoms with Gasteiger partial charge in [-0.15, -0.1) is 11.3 Å². The zero-order chi connectivity index (χ0) is 19.6. The zero-order valence-corrected chi connectivity index (χ0v) is 16.8. The van der Waals surface area contributed by atoms with Crippen LogP contribution in [0.15, 0.2) is 42.5 Å². The number of carbonyl (C=O) groups excluding carboxylic acids is 1. The highest BCUT2D eigenvalue weighted by Crippen LogP contribution is 2.34. The minimum atomic E-state index is -0.0107. The Labute approximate surface area is 172 Å². The van der Waals surface area contributed by atoms with Crippen molar-refractivity contribution in [3.05, 3.63) is 47.5 Å². The molecule has 0 bridgehead atoms. The second-order valence-corrected chi connectivity index (χ2v) is 8.36. The van der Waals surface area contributed by atoms with Crippen molar-refractivity contribution in [1.29, 1.82) is 0 Å². The Bertz CT molecular complexity index is 997. The van der Waals surface area contributed by atoms with E-state index in [2.05, 4.69) is 33.3 Å². The van der Waals surface area contributed by atoms with Gasteiger partial charge in [-0.05, 0) is 24.3 Å². The van der Waals surface area contributed by atoms with Gasteiger partial charge in [-0.25, -0.2) is 4.98 Å². The molecule has 5 rings (SSSR count). The number of ether oxygens (including phenoxy) is 2. The van der Waals surface area contributed by atoms with Crippen molar-refractivity contribution in [3.63, 3.8) is 0 Å². The third-order valence-electron chi connectivity index (χ3n) is 5.19. The number of piperazine rings is 1. The van der Waals surface area contributed by atoms with Crippen molar-refractivity contribution < 1.29 is 14.3 Å². The molecule has 1 aromatic heterocycles. The first-order chi connectivity index (χ1) is 14.2. The average Bonchev–Trinajstić information content (AvgIpc) is 3.35. The number of nitrogens with one attached hydrogen (secondary N) is 1. The highest BCUT2D eigenvalue weighted by molar-refractivity contribution is 7.18. The largest absolute Gasteiger partial charge is 0.454 e. The lowest BCUT2D eigenvalue weighted by atomic mass is 10.2. The number of thiazole rings is 1. The lowest BCUT2D eigenvalue weighted by Crippen LogP contribution is -2.48. The molecule has 1 saturated heterocycles. The number of anilines is 1. The summed E-state index contributed by atoms with van der Waals surface area (Å²) in [6, 6.07) is 13.7. The van der Waals surface area contributed by atoms with Gasteiger partial charge in [0.15, 0.2) is 11.5 Å². The summed E-state index contributed by atoms with van der Waals surface area (Å²) in [5.74, 6) is 1.38. The summed E-state index contributed by atoms with van der Waals surface area (Å²) in [5, 5.41) is 4.10. The van der Waals surface area contributed by atoms with Gasteiger partial charge in [-0.2, -0.15) is 0 Å². The molecule has 2 aliphatic rings. The first-order valence-corrected chi connectivity index (χ1v) is 10.5. The monoisotopic (exact) mass is 410 g/mol. The Morgan fingerprint density at radius 2 is 1.83 bits per heavy atom. The fourth-order valence-corrected chi connectivity index (χ4v) is 4.67. The van der Waals surface area contributed by atoms with E-state index in [1.807, 2.05) is 18.2 Å². The standard InChI is InChI=1S/C21H22N4O3S/c26-20(22-15-5-6-17-18(11-15)28-14-27-17)12-24-7-9-25(10-8-24)13-21-23-16-3-1-2-4-19(16)29-21/h1-6,11H,7-10,12-14H2,(H,22,26). The van der Waals surface area contributed by atoms with Gasteiger partial charge < -0.3 is 14.8 Å². The van der Waals surface area contributed by atoms with Gasteiger partial charge in [-0.1, -0.05) is 12.1 Å². The van der Waals surface area contributed by atoms with Crippen LogP contribution in [0.5, 0.6) is 11.5 Å². The van der Waals surface area contributed by atoms with Gasteiger partial charge >= 0.3 is 0 Å². The number of nitrogens with zero attached hydrogens (tertiary/aromatic N) is 3. The minimum absolute atomic E-state index is 0.0107. The first-order valence-electron chi connectivity index (χ1n) is 9.72. The highest BCUT2D eigenvalue weighted by Gasteiger charge is 2.21. The minimum Gasteiger partial charge on any atom is -0.454 e. The van der Waals surface area contributed by atoms with Crippen LogP contribution in [0.2, 0.25) is 0 Å². The van der Waals surface area contributed by atoms with E-state index in [4.69, 9.17) is 14.5 Å². The van der Waals surface area contributed by atoms with E-state index in [1.54, 1.807) is 17.4 Å². The molecular formula is C21H22N4O3S. The number of aromatic nitrogens is 1. The Morgan fingerprint density at radius 3 is 2.69 bits per heavy atom. The fourth-order valence-electron chi connectivity index (χ4n) is 3.66. The number of amides is 1. The van der Waals surface area contributed by atoms with E-state index in [0.29, 0.717) is 18.0 Å². The maximum atomic E-state index is 12.4. The number of carbonyl (C=O) groups is 1. The molecule has 7 nitrogen and oxygen atoms in total. The lowest BCUT2D eigenvalue weighted by Gasteiger charge is -2.33. The zero-order valence-electron chi connectivity index (χ0n) is 16.0. The van der Waals surface area contributed by atoms with Crippen LogP contribution in [-0.2, 0) is 11.3 Å². The second-order valence-electron chi connectivity index (χ2n) is 7.24. The molecule has 2 aliphatic heterocycles. The quantitative estimate of drug-likeness (QED) is 0.698. The van der Waals surface area contributed by atoms with Crippen LogP contribution in [0.3, 0.4) is 0 Å². The molecule has 0 spiro atoms. The summed E-state index contributed by atoms with van der Waals surface area (Å²) in [4.78, 5) is 21.7. The predicted octanol–water partition coefficient (Wildman–Crippen LogP) is 2.78. The van der Waals surface area contributed by atoms with E-state index in [9.17, 15) is 4.79 Å². The molecule has 1 amide bonds. The number of fused-ring (bicyclic) bond motifs is 2. The van der Waals surface area contributed by atoms with Gasteiger partial charge in [-0.3, -0.25) is 14.6 Å². The Morgan fingerprint density at radius 1 is 1.03 bits per heavy atom. The van der Waals surface area contributed by atoms with Gasteiger partial charge in [0.1, 0.15) is 5.01 Å². The molecule has 29 heavy (non-hydrogen) atoms. The third kappa shape index (κ3) is 4.19. The van der Waals surface area contributed by atoms with Crippen LogP contribution in [0.4, 0.5) is 5.69 Å². The van der Waals surface area contributed by atoms with Crippen molar-refractivity contribution in [2.45, 2.75) is 6.54 Å². The summed E-state index contributed by atoms with van der Waals surface area (Å²) < 4.78 is 11.9. The van der Waals surface area contributed by atoms with Crippen molar-refractivity contribution in [2.24, 2.45) is 0 Å². The maximum Gasteiger partial charge on any atom is 0.238 e. The highest BCUT2D eigenvalue weighted by atomic mass is 32.1. The van der Waals surface area contributed by atoms with Crippen LogP contribution >= 0.6 is 11.3 Å². The normalized spacial score (nSPS) is 17.0. The molecule has 150 valence electrons. The Hall–Kier alpha value is -2.68. The van der Waals surface area contributed by atoms with Crippen molar-refractivity contribution in [3.8, 4) is 11.5 Å². The molecule has 0 unspecified atom stereocenters. The fraction of sp³-hybridized carbons (Fsp3) is 0.333. The summed E-state index contributed by atoms with van der Waals surface area (Å²) >= 11 is 1.76. The average molecular weight is 410 g/mol. The number of hydrogen-bond donors (Lipinski definition) is 1. The van der Waals surface area contributed by atoms with Crippen molar-refractivity contribution in [1.82, 2.24) is 14.8 Å². The molecule has 1 N–H and O–H groups in total. The van der Waals surface area contributed by atoms with E-state index < -0.39 is 0 Å². The number of rotatable bonds is 5. The van der Waals surface area contributed by atoms with Crippen LogP contribution < -0.4 is 14.8 Å². The number of hydrogen-bond acceptors (Lipinski definition) is 7. The Balaban J connectivity index is 1.10. The summed E-state index contributed by atoms with van der Waals surface area (Å²) in [6.07, 6.45) is 0. The maximum absolute atomic E-state index is 12.4. The molecule has 1 fully saturated rings.